The molecule has 2 amide bonds. The summed E-state index contributed by atoms with van der Waals surface area (Å²) in [6.07, 6.45) is 4.06. The highest BCUT2D eigenvalue weighted by Gasteiger charge is 2.18. The summed E-state index contributed by atoms with van der Waals surface area (Å²) in [5.41, 5.74) is 0.671. The van der Waals surface area contributed by atoms with Crippen LogP contribution in [-0.4, -0.2) is 56.2 Å². The number of hydrogen-bond donors (Lipinski definition) is 1. The Labute approximate surface area is 149 Å². The lowest BCUT2D eigenvalue weighted by molar-refractivity contribution is -0.125. The van der Waals surface area contributed by atoms with Crippen LogP contribution in [0.25, 0.3) is 0 Å². The normalized spacial score (nSPS) is 14.2. The lowest BCUT2D eigenvalue weighted by atomic mass is 10.1. The van der Waals surface area contributed by atoms with Crippen LogP contribution in [0.15, 0.2) is 24.3 Å². The molecule has 1 aliphatic heterocycles. The van der Waals surface area contributed by atoms with Crippen molar-refractivity contribution in [2.24, 2.45) is 0 Å². The van der Waals surface area contributed by atoms with Gasteiger partial charge in [0.25, 0.3) is 5.91 Å². The maximum absolute atomic E-state index is 12.5. The Morgan fingerprint density at radius 2 is 2.00 bits per heavy atom. The molecule has 2 rings (SSSR count). The summed E-state index contributed by atoms with van der Waals surface area (Å²) in [5, 5.41) is 2.77. The van der Waals surface area contributed by atoms with Crippen LogP contribution >= 0.6 is 0 Å². The Morgan fingerprint density at radius 1 is 1.20 bits per heavy atom. The average molecular weight is 348 g/mol. The van der Waals surface area contributed by atoms with E-state index in [0.717, 1.165) is 25.9 Å². The van der Waals surface area contributed by atoms with Gasteiger partial charge in [0.15, 0.2) is 0 Å². The number of nitrogens with one attached hydrogen (secondary N) is 1. The van der Waals surface area contributed by atoms with Crippen molar-refractivity contribution in [3.8, 4) is 5.75 Å². The number of hydrogen-bond acceptors (Lipinski definition) is 4. The van der Waals surface area contributed by atoms with Crippen LogP contribution in [0.5, 0.6) is 5.75 Å². The van der Waals surface area contributed by atoms with Crippen molar-refractivity contribution < 1.29 is 19.1 Å². The first kappa shape index (κ1) is 19.2. The van der Waals surface area contributed by atoms with Gasteiger partial charge < -0.3 is 19.7 Å². The molecule has 138 valence electrons. The molecule has 1 N–H and O–H groups in total. The number of carbonyl (C=O) groups excluding carboxylic acids is 2. The number of nitrogens with zero attached hydrogens (tertiary/aromatic N) is 1. The fourth-order valence-electron chi connectivity index (χ4n) is 2.73. The smallest absolute Gasteiger partial charge is 0.253 e. The van der Waals surface area contributed by atoms with Gasteiger partial charge in [0.05, 0.1) is 6.61 Å². The summed E-state index contributed by atoms with van der Waals surface area (Å²) in [5.74, 6) is 0.646. The molecule has 0 aliphatic carbocycles. The third-order valence-electron chi connectivity index (χ3n) is 4.07. The fraction of sp³-hybridized carbons (Fsp3) is 0.579. The molecule has 6 heteroatoms. The summed E-state index contributed by atoms with van der Waals surface area (Å²) in [7, 11) is 0. The van der Waals surface area contributed by atoms with E-state index in [2.05, 4.69) is 5.32 Å². The number of ether oxygens (including phenoxy) is 2. The first-order valence-corrected chi connectivity index (χ1v) is 9.07. The summed E-state index contributed by atoms with van der Waals surface area (Å²) in [6.45, 7) is 5.18. The molecule has 0 atom stereocenters. The molecule has 25 heavy (non-hydrogen) atoms. The largest absolute Gasteiger partial charge is 0.494 e. The minimum Gasteiger partial charge on any atom is -0.494 e. The molecule has 0 aromatic heterocycles. The third kappa shape index (κ3) is 6.74. The number of carbonyl (C=O) groups is 2. The summed E-state index contributed by atoms with van der Waals surface area (Å²) >= 11 is 0. The van der Waals surface area contributed by atoms with E-state index < -0.39 is 0 Å². The lowest BCUT2D eigenvalue weighted by Gasteiger charge is -2.26. The van der Waals surface area contributed by atoms with Crippen LogP contribution in [0.2, 0.25) is 0 Å². The third-order valence-corrected chi connectivity index (χ3v) is 4.07. The molecule has 1 fully saturated rings. The highest BCUT2D eigenvalue weighted by molar-refractivity contribution is 5.94. The maximum Gasteiger partial charge on any atom is 0.253 e. The number of rotatable bonds is 9. The summed E-state index contributed by atoms with van der Waals surface area (Å²) in [6, 6.07) is 7.32. The molecule has 6 nitrogen and oxygen atoms in total. The van der Waals surface area contributed by atoms with E-state index in [9.17, 15) is 9.59 Å². The van der Waals surface area contributed by atoms with Crippen LogP contribution in [-0.2, 0) is 9.53 Å². The van der Waals surface area contributed by atoms with E-state index in [0.29, 0.717) is 37.5 Å². The van der Waals surface area contributed by atoms with Gasteiger partial charge in [-0.25, -0.2) is 0 Å². The molecular weight excluding hydrogens is 320 g/mol. The van der Waals surface area contributed by atoms with Gasteiger partial charge in [-0.05, 0) is 50.8 Å². The highest BCUT2D eigenvalue weighted by atomic mass is 16.5. The van der Waals surface area contributed by atoms with Gasteiger partial charge in [-0.3, -0.25) is 9.59 Å². The van der Waals surface area contributed by atoms with Crippen LogP contribution < -0.4 is 10.1 Å². The molecule has 0 bridgehead atoms. The number of benzene rings is 1. The van der Waals surface area contributed by atoms with E-state index in [-0.39, 0.29) is 18.4 Å². The molecular formula is C19H28N2O4. The van der Waals surface area contributed by atoms with E-state index in [4.69, 9.17) is 9.47 Å². The molecule has 1 aromatic rings. The second-order valence-electron chi connectivity index (χ2n) is 6.07. The minimum absolute atomic E-state index is 0.0772. The van der Waals surface area contributed by atoms with Crippen molar-refractivity contribution in [2.75, 3.05) is 39.5 Å². The van der Waals surface area contributed by atoms with Crippen molar-refractivity contribution in [2.45, 2.75) is 32.6 Å². The Bertz CT molecular complexity index is 556. The van der Waals surface area contributed by atoms with Crippen LogP contribution in [0.4, 0.5) is 0 Å². The highest BCUT2D eigenvalue weighted by Crippen LogP contribution is 2.17. The lowest BCUT2D eigenvalue weighted by Crippen LogP contribution is -2.35. The maximum atomic E-state index is 12.5. The molecule has 1 aromatic carbocycles. The number of amides is 2. The SMILES string of the molecule is CCOCC(=O)NCCCOc1cccc(C(=O)N2CCCCC2)c1. The second-order valence-corrected chi connectivity index (χ2v) is 6.07. The van der Waals surface area contributed by atoms with E-state index in [1.54, 1.807) is 6.07 Å². The zero-order valence-electron chi connectivity index (χ0n) is 15.0. The number of likely N-dealkylation sites (tertiary alicyclic amines) is 1. The van der Waals surface area contributed by atoms with E-state index in [1.807, 2.05) is 30.0 Å². The average Bonchev–Trinajstić information content (AvgIpc) is 2.66. The van der Waals surface area contributed by atoms with Gasteiger partial charge in [0.1, 0.15) is 12.4 Å². The Morgan fingerprint density at radius 3 is 2.76 bits per heavy atom. The second kappa shape index (κ2) is 10.7. The zero-order valence-corrected chi connectivity index (χ0v) is 15.0. The molecule has 0 spiro atoms. The summed E-state index contributed by atoms with van der Waals surface area (Å²) in [4.78, 5) is 25.8. The summed E-state index contributed by atoms with van der Waals surface area (Å²) < 4.78 is 10.7. The minimum atomic E-state index is -0.115. The van der Waals surface area contributed by atoms with Crippen LogP contribution in [0.1, 0.15) is 43.0 Å². The first-order chi connectivity index (χ1) is 12.2. The fourth-order valence-corrected chi connectivity index (χ4v) is 2.73. The van der Waals surface area contributed by atoms with Crippen molar-refractivity contribution in [3.63, 3.8) is 0 Å². The molecule has 0 saturated carbocycles. The Balaban J connectivity index is 1.72. The van der Waals surface area contributed by atoms with Crippen LogP contribution in [0.3, 0.4) is 0 Å². The van der Waals surface area contributed by atoms with Gasteiger partial charge in [-0.15, -0.1) is 0 Å². The van der Waals surface area contributed by atoms with Crippen molar-refractivity contribution in [1.82, 2.24) is 10.2 Å². The van der Waals surface area contributed by atoms with Gasteiger partial charge >= 0.3 is 0 Å². The molecule has 1 heterocycles. The molecule has 1 saturated heterocycles. The predicted octanol–water partition coefficient (Wildman–Crippen LogP) is 2.23. The van der Waals surface area contributed by atoms with Gasteiger partial charge in [-0.1, -0.05) is 6.07 Å². The first-order valence-electron chi connectivity index (χ1n) is 9.07. The van der Waals surface area contributed by atoms with Gasteiger partial charge in [-0.2, -0.15) is 0 Å². The van der Waals surface area contributed by atoms with Gasteiger partial charge in [0, 0.05) is 31.8 Å². The van der Waals surface area contributed by atoms with Gasteiger partial charge in [0.2, 0.25) is 5.91 Å². The Hall–Kier alpha value is -2.08. The number of piperidine rings is 1. The Kier molecular flexibility index (Phi) is 8.25. The predicted molar refractivity (Wildman–Crippen MR) is 95.8 cm³/mol. The van der Waals surface area contributed by atoms with Crippen LogP contribution in [0, 0.1) is 0 Å². The van der Waals surface area contributed by atoms with Crippen molar-refractivity contribution >= 4 is 11.8 Å². The standard InChI is InChI=1S/C19H28N2O4/c1-2-24-15-18(22)20-10-7-13-25-17-9-6-8-16(14-17)19(23)21-11-4-3-5-12-21/h6,8-9,14H,2-5,7,10-13,15H2,1H3,(H,20,22). The monoisotopic (exact) mass is 348 g/mol. The quantitative estimate of drug-likeness (QED) is 0.695. The zero-order chi connectivity index (χ0) is 17.9. The topological polar surface area (TPSA) is 67.9 Å². The van der Waals surface area contributed by atoms with Crippen molar-refractivity contribution in [1.29, 1.82) is 0 Å². The van der Waals surface area contributed by atoms with E-state index >= 15 is 0 Å². The van der Waals surface area contributed by atoms with E-state index in [1.165, 1.54) is 6.42 Å². The molecule has 0 radical (unpaired) electrons. The molecule has 1 aliphatic rings. The molecule has 0 unspecified atom stereocenters. The van der Waals surface area contributed by atoms with Crippen molar-refractivity contribution in [3.05, 3.63) is 29.8 Å².